The van der Waals surface area contributed by atoms with Crippen LogP contribution in [0.1, 0.15) is 26.3 Å². The van der Waals surface area contributed by atoms with Crippen LogP contribution < -0.4 is 5.32 Å². The number of guanidine groups is 1. The second-order valence-corrected chi connectivity index (χ2v) is 9.24. The molecule has 0 bridgehead atoms. The lowest BCUT2D eigenvalue weighted by Crippen LogP contribution is -2.41. The van der Waals surface area contributed by atoms with Gasteiger partial charge in [-0.25, -0.2) is 13.4 Å². The Morgan fingerprint density at radius 3 is 2.27 bits per heavy atom. The summed E-state index contributed by atoms with van der Waals surface area (Å²) in [7, 11) is 0.646. The molecule has 0 saturated heterocycles. The van der Waals surface area contributed by atoms with Gasteiger partial charge in [0.1, 0.15) is 0 Å². The van der Waals surface area contributed by atoms with Crippen LogP contribution in [0.3, 0.4) is 0 Å². The zero-order valence-electron chi connectivity index (χ0n) is 14.1. The fraction of sp³-hybridized carbons (Fsp3) is 0.562. The van der Waals surface area contributed by atoms with E-state index in [0.29, 0.717) is 19.0 Å². The largest absolute Gasteiger partial charge is 0.355 e. The van der Waals surface area contributed by atoms with Gasteiger partial charge >= 0.3 is 0 Å². The van der Waals surface area contributed by atoms with Gasteiger partial charge in [-0.1, -0.05) is 30.3 Å². The van der Waals surface area contributed by atoms with Gasteiger partial charge in [0.25, 0.3) is 0 Å². The predicted octanol–water partition coefficient (Wildman–Crippen LogP) is 1.91. The number of nitrogens with zero attached hydrogens (tertiary/aromatic N) is 2. The standard InChI is InChI=1S/C16H27N3O2S/c1-16(2,3)22(20,21)12-11-17-15(19(4)5)18-13-14-9-7-6-8-10-14/h6-10H,11-13H2,1-5H3,(H,17,18). The molecule has 1 aromatic rings. The summed E-state index contributed by atoms with van der Waals surface area (Å²) in [5.74, 6) is 0.780. The van der Waals surface area contributed by atoms with Crippen molar-refractivity contribution >= 4 is 15.8 Å². The summed E-state index contributed by atoms with van der Waals surface area (Å²) in [6.07, 6.45) is 0. The van der Waals surface area contributed by atoms with Crippen molar-refractivity contribution in [1.29, 1.82) is 0 Å². The minimum atomic E-state index is -3.12. The number of aliphatic imine (C=N–C) groups is 1. The molecule has 0 aliphatic carbocycles. The molecule has 0 fully saturated rings. The Morgan fingerprint density at radius 2 is 1.77 bits per heavy atom. The third kappa shape index (κ3) is 5.67. The molecule has 0 heterocycles. The number of sulfone groups is 1. The zero-order valence-corrected chi connectivity index (χ0v) is 14.9. The molecule has 22 heavy (non-hydrogen) atoms. The van der Waals surface area contributed by atoms with Gasteiger partial charge in [-0.05, 0) is 26.3 Å². The zero-order chi connectivity index (χ0) is 16.8. The number of rotatable bonds is 5. The molecular weight excluding hydrogens is 298 g/mol. The highest BCUT2D eigenvalue weighted by Crippen LogP contribution is 2.15. The quantitative estimate of drug-likeness (QED) is 0.663. The first-order chi connectivity index (χ1) is 10.1. The summed E-state index contributed by atoms with van der Waals surface area (Å²) in [5.41, 5.74) is 1.12. The molecule has 0 amide bonds. The maximum atomic E-state index is 12.1. The van der Waals surface area contributed by atoms with Gasteiger partial charge < -0.3 is 10.2 Å². The smallest absolute Gasteiger partial charge is 0.193 e. The van der Waals surface area contributed by atoms with Gasteiger partial charge in [-0.15, -0.1) is 0 Å². The molecular formula is C16H27N3O2S. The predicted molar refractivity (Wildman–Crippen MR) is 92.8 cm³/mol. The molecule has 0 saturated carbocycles. The summed E-state index contributed by atoms with van der Waals surface area (Å²) in [4.78, 5) is 6.37. The highest BCUT2D eigenvalue weighted by molar-refractivity contribution is 7.92. The summed E-state index contributed by atoms with van der Waals surface area (Å²) in [6.45, 7) is 6.08. The van der Waals surface area contributed by atoms with Gasteiger partial charge in [0.2, 0.25) is 0 Å². The minimum absolute atomic E-state index is 0.0920. The van der Waals surface area contributed by atoms with Crippen molar-refractivity contribution in [3.05, 3.63) is 35.9 Å². The second-order valence-electron chi connectivity index (χ2n) is 6.38. The molecule has 0 radical (unpaired) electrons. The number of nitrogens with one attached hydrogen (secondary N) is 1. The fourth-order valence-corrected chi connectivity index (χ4v) is 2.69. The average molecular weight is 325 g/mol. The van der Waals surface area contributed by atoms with Crippen molar-refractivity contribution in [3.63, 3.8) is 0 Å². The molecule has 124 valence electrons. The van der Waals surface area contributed by atoms with Gasteiger partial charge in [0.15, 0.2) is 15.8 Å². The first-order valence-corrected chi connectivity index (χ1v) is 9.00. The Balaban J connectivity index is 2.63. The Bertz CT molecular complexity index is 588. The van der Waals surface area contributed by atoms with Crippen LogP contribution in [0.2, 0.25) is 0 Å². The Morgan fingerprint density at radius 1 is 1.18 bits per heavy atom. The molecule has 0 unspecified atom stereocenters. The van der Waals surface area contributed by atoms with Crippen molar-refractivity contribution < 1.29 is 8.42 Å². The molecule has 0 spiro atoms. The van der Waals surface area contributed by atoms with Crippen molar-refractivity contribution in [2.45, 2.75) is 32.1 Å². The van der Waals surface area contributed by atoms with Crippen LogP contribution in [-0.4, -0.2) is 50.4 Å². The molecule has 0 atom stereocenters. The number of hydrogen-bond donors (Lipinski definition) is 1. The van der Waals surface area contributed by atoms with E-state index >= 15 is 0 Å². The molecule has 1 aromatic carbocycles. The van der Waals surface area contributed by atoms with E-state index in [-0.39, 0.29) is 5.75 Å². The van der Waals surface area contributed by atoms with E-state index in [1.54, 1.807) is 20.8 Å². The van der Waals surface area contributed by atoms with E-state index in [9.17, 15) is 8.42 Å². The lowest BCUT2D eigenvalue weighted by Gasteiger charge is -2.21. The molecule has 0 aliphatic heterocycles. The van der Waals surface area contributed by atoms with Gasteiger partial charge in [0.05, 0.1) is 17.0 Å². The van der Waals surface area contributed by atoms with E-state index in [2.05, 4.69) is 10.3 Å². The fourth-order valence-electron chi connectivity index (χ4n) is 1.71. The van der Waals surface area contributed by atoms with E-state index < -0.39 is 14.6 Å². The summed E-state index contributed by atoms with van der Waals surface area (Å²) in [5, 5.41) is 3.11. The Kier molecular flexibility index (Phi) is 6.41. The maximum absolute atomic E-state index is 12.1. The third-order valence-corrected chi connectivity index (χ3v) is 5.87. The van der Waals surface area contributed by atoms with E-state index in [1.165, 1.54) is 0 Å². The summed E-state index contributed by atoms with van der Waals surface area (Å²) < 4.78 is 23.5. The van der Waals surface area contributed by atoms with Crippen LogP contribution in [-0.2, 0) is 16.4 Å². The highest BCUT2D eigenvalue weighted by Gasteiger charge is 2.28. The van der Waals surface area contributed by atoms with Crippen molar-refractivity contribution in [1.82, 2.24) is 10.2 Å². The molecule has 1 N–H and O–H groups in total. The van der Waals surface area contributed by atoms with Gasteiger partial charge in [0, 0.05) is 20.6 Å². The maximum Gasteiger partial charge on any atom is 0.193 e. The normalized spacial score (nSPS) is 13.0. The number of hydrogen-bond acceptors (Lipinski definition) is 3. The number of benzene rings is 1. The van der Waals surface area contributed by atoms with Crippen LogP contribution >= 0.6 is 0 Å². The molecule has 0 aromatic heterocycles. The SMILES string of the molecule is CN(C)C(=NCc1ccccc1)NCCS(=O)(=O)C(C)(C)C. The van der Waals surface area contributed by atoms with Crippen molar-refractivity contribution in [2.75, 3.05) is 26.4 Å². The lowest BCUT2D eigenvalue weighted by molar-refractivity contribution is 0.554. The van der Waals surface area contributed by atoms with Crippen LogP contribution in [0.25, 0.3) is 0 Å². The first-order valence-electron chi connectivity index (χ1n) is 7.35. The molecule has 5 nitrogen and oxygen atoms in total. The monoisotopic (exact) mass is 325 g/mol. The molecule has 6 heteroatoms. The van der Waals surface area contributed by atoms with E-state index in [0.717, 1.165) is 5.56 Å². The topological polar surface area (TPSA) is 61.8 Å². The van der Waals surface area contributed by atoms with Crippen molar-refractivity contribution in [3.8, 4) is 0 Å². The highest BCUT2D eigenvalue weighted by atomic mass is 32.2. The molecule has 0 aliphatic rings. The van der Waals surface area contributed by atoms with Crippen LogP contribution in [0.4, 0.5) is 0 Å². The Labute approximate surface area is 134 Å². The summed E-state index contributed by atoms with van der Waals surface area (Å²) >= 11 is 0. The van der Waals surface area contributed by atoms with Crippen LogP contribution in [0, 0.1) is 0 Å². The average Bonchev–Trinajstić information content (AvgIpc) is 2.42. The van der Waals surface area contributed by atoms with Crippen LogP contribution in [0.15, 0.2) is 35.3 Å². The van der Waals surface area contributed by atoms with Gasteiger partial charge in [-0.3, -0.25) is 0 Å². The van der Waals surface area contributed by atoms with Gasteiger partial charge in [-0.2, -0.15) is 0 Å². The van der Waals surface area contributed by atoms with E-state index in [4.69, 9.17) is 0 Å². The minimum Gasteiger partial charge on any atom is -0.355 e. The summed E-state index contributed by atoms with van der Waals surface area (Å²) in [6, 6.07) is 9.95. The van der Waals surface area contributed by atoms with Crippen molar-refractivity contribution in [2.24, 2.45) is 4.99 Å². The third-order valence-electron chi connectivity index (χ3n) is 3.26. The van der Waals surface area contributed by atoms with Crippen LogP contribution in [0.5, 0.6) is 0 Å². The second kappa shape index (κ2) is 7.63. The molecule has 1 rings (SSSR count). The van der Waals surface area contributed by atoms with E-state index in [1.807, 2.05) is 49.3 Å². The lowest BCUT2D eigenvalue weighted by atomic mass is 10.2. The Hall–Kier alpha value is -1.56. The first kappa shape index (κ1) is 18.5.